The molecule has 7 nitrogen and oxygen atoms in total. The maximum absolute atomic E-state index is 12.1. The number of carbonyl (C=O) groups excluding carboxylic acids is 3. The van der Waals surface area contributed by atoms with Crippen molar-refractivity contribution in [3.05, 3.63) is 59.7 Å². The molecule has 2 aromatic rings. The molecule has 1 aliphatic rings. The molecule has 3 heterocycles. The first-order valence-corrected chi connectivity index (χ1v) is 7.14. The van der Waals surface area contributed by atoms with Crippen LogP contribution in [0.3, 0.4) is 0 Å². The van der Waals surface area contributed by atoms with Crippen molar-refractivity contribution in [1.82, 2.24) is 20.2 Å². The van der Waals surface area contributed by atoms with Gasteiger partial charge in [-0.15, -0.1) is 0 Å². The second-order valence-electron chi connectivity index (χ2n) is 5.01. The van der Waals surface area contributed by atoms with Crippen molar-refractivity contribution in [1.29, 1.82) is 0 Å². The molecule has 2 aromatic heterocycles. The average Bonchev–Trinajstić information content (AvgIpc) is 2.83. The van der Waals surface area contributed by atoms with Gasteiger partial charge in [0.2, 0.25) is 5.91 Å². The summed E-state index contributed by atoms with van der Waals surface area (Å²) in [6, 6.07) is 8.59. The van der Waals surface area contributed by atoms with Gasteiger partial charge >= 0.3 is 0 Å². The van der Waals surface area contributed by atoms with Crippen molar-refractivity contribution in [3.8, 4) is 0 Å². The van der Waals surface area contributed by atoms with E-state index in [-0.39, 0.29) is 30.1 Å². The lowest BCUT2D eigenvalue weighted by Gasteiger charge is -2.13. The van der Waals surface area contributed by atoms with Gasteiger partial charge in [0.15, 0.2) is 0 Å². The number of fused-ring (bicyclic) bond motifs is 1. The van der Waals surface area contributed by atoms with Crippen LogP contribution in [0.25, 0.3) is 0 Å². The van der Waals surface area contributed by atoms with Gasteiger partial charge in [0.1, 0.15) is 5.69 Å². The number of hydrogen-bond acceptors (Lipinski definition) is 5. The Morgan fingerprint density at radius 3 is 2.61 bits per heavy atom. The molecular formula is C16H14N4O3. The third-order valence-electron chi connectivity index (χ3n) is 3.49. The Balaban J connectivity index is 1.54. The molecule has 0 radical (unpaired) electrons. The number of carbonyl (C=O) groups is 3. The van der Waals surface area contributed by atoms with Gasteiger partial charge in [-0.1, -0.05) is 6.07 Å². The minimum absolute atomic E-state index is 0.0298. The number of imide groups is 1. The summed E-state index contributed by atoms with van der Waals surface area (Å²) >= 11 is 0. The lowest BCUT2D eigenvalue weighted by atomic mass is 10.2. The van der Waals surface area contributed by atoms with E-state index in [0.717, 1.165) is 10.6 Å². The van der Waals surface area contributed by atoms with Gasteiger partial charge in [-0.05, 0) is 24.3 Å². The summed E-state index contributed by atoms with van der Waals surface area (Å²) in [5.41, 5.74) is 1.17. The van der Waals surface area contributed by atoms with Crippen LogP contribution in [-0.2, 0) is 11.3 Å². The van der Waals surface area contributed by atoms with E-state index in [1.807, 2.05) is 6.07 Å². The van der Waals surface area contributed by atoms with Crippen molar-refractivity contribution in [2.75, 3.05) is 6.54 Å². The molecule has 0 fully saturated rings. The number of nitrogens with one attached hydrogen (secondary N) is 1. The third-order valence-corrected chi connectivity index (χ3v) is 3.49. The van der Waals surface area contributed by atoms with Gasteiger partial charge in [-0.2, -0.15) is 0 Å². The molecule has 0 atom stereocenters. The molecule has 0 aromatic carbocycles. The summed E-state index contributed by atoms with van der Waals surface area (Å²) in [5.74, 6) is -1.11. The van der Waals surface area contributed by atoms with E-state index in [1.54, 1.807) is 30.5 Å². The van der Waals surface area contributed by atoms with Gasteiger partial charge in [0, 0.05) is 25.4 Å². The fraction of sp³-hybridized carbons (Fsp3) is 0.188. The zero-order chi connectivity index (χ0) is 16.2. The monoisotopic (exact) mass is 310 g/mol. The molecule has 0 saturated carbocycles. The van der Waals surface area contributed by atoms with E-state index in [1.165, 1.54) is 6.20 Å². The highest BCUT2D eigenvalue weighted by atomic mass is 16.2. The maximum Gasteiger partial charge on any atom is 0.280 e. The molecule has 7 heteroatoms. The second kappa shape index (κ2) is 6.35. The highest BCUT2D eigenvalue weighted by Gasteiger charge is 2.36. The van der Waals surface area contributed by atoms with Gasteiger partial charge in [0.05, 0.1) is 17.8 Å². The molecule has 3 amide bonds. The van der Waals surface area contributed by atoms with Gasteiger partial charge in [0.25, 0.3) is 11.8 Å². The summed E-state index contributed by atoms with van der Waals surface area (Å²) < 4.78 is 0. The lowest BCUT2D eigenvalue weighted by molar-refractivity contribution is -0.121. The van der Waals surface area contributed by atoms with Crippen LogP contribution in [0.15, 0.2) is 42.7 Å². The number of hydrogen-bond donors (Lipinski definition) is 1. The van der Waals surface area contributed by atoms with E-state index in [2.05, 4.69) is 15.3 Å². The number of pyridine rings is 2. The van der Waals surface area contributed by atoms with Gasteiger partial charge in [-0.3, -0.25) is 29.3 Å². The minimum atomic E-state index is -0.455. The highest BCUT2D eigenvalue weighted by molar-refractivity contribution is 6.20. The first kappa shape index (κ1) is 14.8. The van der Waals surface area contributed by atoms with Gasteiger partial charge in [-0.25, -0.2) is 0 Å². The van der Waals surface area contributed by atoms with Crippen molar-refractivity contribution in [2.24, 2.45) is 0 Å². The number of amides is 3. The normalized spacial score (nSPS) is 13.1. The Hall–Kier alpha value is -3.09. The SMILES string of the molecule is O=C(CCN1C(=O)c2cccnc2C1=O)NCc1ccccn1. The van der Waals surface area contributed by atoms with Crippen LogP contribution in [0, 0.1) is 0 Å². The quantitative estimate of drug-likeness (QED) is 0.824. The molecule has 1 N–H and O–H groups in total. The predicted molar refractivity (Wildman–Crippen MR) is 80.3 cm³/mol. The van der Waals surface area contributed by atoms with Gasteiger partial charge < -0.3 is 5.32 Å². The zero-order valence-corrected chi connectivity index (χ0v) is 12.2. The standard InChI is InChI=1S/C16H14N4O3/c21-13(19-10-11-4-1-2-7-17-11)6-9-20-15(22)12-5-3-8-18-14(12)16(20)23/h1-5,7-8H,6,9-10H2,(H,19,21). The molecule has 0 spiro atoms. The number of aromatic nitrogens is 2. The third kappa shape index (κ3) is 3.08. The van der Waals surface area contributed by atoms with E-state index < -0.39 is 11.8 Å². The van der Waals surface area contributed by atoms with Crippen LogP contribution < -0.4 is 5.32 Å². The molecule has 1 aliphatic heterocycles. The van der Waals surface area contributed by atoms with Crippen molar-refractivity contribution >= 4 is 17.7 Å². The first-order valence-electron chi connectivity index (χ1n) is 7.14. The molecule has 23 heavy (non-hydrogen) atoms. The van der Waals surface area contributed by atoms with Crippen LogP contribution in [0.1, 0.15) is 33.0 Å². The smallest absolute Gasteiger partial charge is 0.280 e. The van der Waals surface area contributed by atoms with Crippen molar-refractivity contribution in [2.45, 2.75) is 13.0 Å². The summed E-state index contributed by atoms with van der Waals surface area (Å²) in [6.45, 7) is 0.339. The fourth-order valence-electron chi connectivity index (χ4n) is 2.31. The summed E-state index contributed by atoms with van der Waals surface area (Å²) in [6.07, 6.45) is 3.15. The van der Waals surface area contributed by atoms with E-state index >= 15 is 0 Å². The molecular weight excluding hydrogens is 296 g/mol. The van der Waals surface area contributed by atoms with E-state index in [0.29, 0.717) is 6.54 Å². The predicted octanol–water partition coefficient (Wildman–Crippen LogP) is 0.779. The summed E-state index contributed by atoms with van der Waals surface area (Å²) in [7, 11) is 0. The molecule has 116 valence electrons. The molecule has 0 saturated heterocycles. The second-order valence-corrected chi connectivity index (χ2v) is 5.01. The summed E-state index contributed by atoms with van der Waals surface area (Å²) in [5, 5.41) is 2.71. The lowest BCUT2D eigenvalue weighted by Crippen LogP contribution is -2.34. The minimum Gasteiger partial charge on any atom is -0.350 e. The first-order chi connectivity index (χ1) is 11.2. The molecule has 0 bridgehead atoms. The van der Waals surface area contributed by atoms with Crippen molar-refractivity contribution in [3.63, 3.8) is 0 Å². The van der Waals surface area contributed by atoms with Crippen LogP contribution in [0.4, 0.5) is 0 Å². The summed E-state index contributed by atoms with van der Waals surface area (Å²) in [4.78, 5) is 45.2. The Morgan fingerprint density at radius 1 is 1.04 bits per heavy atom. The van der Waals surface area contributed by atoms with Crippen molar-refractivity contribution < 1.29 is 14.4 Å². The van der Waals surface area contributed by atoms with Crippen LogP contribution in [0.2, 0.25) is 0 Å². The Labute approximate surface area is 132 Å². The van der Waals surface area contributed by atoms with E-state index in [9.17, 15) is 14.4 Å². The average molecular weight is 310 g/mol. The van der Waals surface area contributed by atoms with E-state index in [4.69, 9.17) is 0 Å². The fourth-order valence-corrected chi connectivity index (χ4v) is 2.31. The zero-order valence-electron chi connectivity index (χ0n) is 12.2. The highest BCUT2D eigenvalue weighted by Crippen LogP contribution is 2.20. The molecule has 0 aliphatic carbocycles. The Morgan fingerprint density at radius 2 is 1.87 bits per heavy atom. The Bertz CT molecular complexity index is 726. The van der Waals surface area contributed by atoms with Crippen LogP contribution >= 0.6 is 0 Å². The number of nitrogens with zero attached hydrogens (tertiary/aromatic N) is 3. The Kier molecular flexibility index (Phi) is 4.09. The van der Waals surface area contributed by atoms with Crippen LogP contribution in [0.5, 0.6) is 0 Å². The molecule has 0 unspecified atom stereocenters. The largest absolute Gasteiger partial charge is 0.350 e. The topological polar surface area (TPSA) is 92.3 Å². The molecule has 3 rings (SSSR count). The van der Waals surface area contributed by atoms with Crippen LogP contribution in [-0.4, -0.2) is 39.1 Å². The number of rotatable bonds is 5. The maximum atomic E-state index is 12.1.